The molecule has 16 nitrogen and oxygen atoms in total. The van der Waals surface area contributed by atoms with Gasteiger partial charge in [0.15, 0.2) is 17.3 Å². The fraction of sp³-hybridized carbons (Fsp3) is 0.241. The van der Waals surface area contributed by atoms with Crippen molar-refractivity contribution in [3.63, 3.8) is 0 Å². The summed E-state index contributed by atoms with van der Waals surface area (Å²) in [5.74, 6) is 0.393. The van der Waals surface area contributed by atoms with E-state index in [-0.39, 0.29) is 77.2 Å². The van der Waals surface area contributed by atoms with Gasteiger partial charge in [0.2, 0.25) is 12.5 Å². The van der Waals surface area contributed by atoms with Crippen molar-refractivity contribution < 1.29 is 50.6 Å². The number of ether oxygens (including phenoxy) is 7. The van der Waals surface area contributed by atoms with Gasteiger partial charge in [-0.25, -0.2) is 18.2 Å². The van der Waals surface area contributed by atoms with Gasteiger partial charge in [-0.2, -0.15) is 9.97 Å². The number of methoxy groups -OCH3 is 1. The molecule has 3 heterocycles. The molecule has 2 aromatic carbocycles. The minimum atomic E-state index is -4.36. The normalized spacial score (nSPS) is 12.5. The first-order valence-corrected chi connectivity index (χ1v) is 17.5. The van der Waals surface area contributed by atoms with E-state index in [0.29, 0.717) is 11.5 Å². The van der Waals surface area contributed by atoms with Gasteiger partial charge in [0.1, 0.15) is 37.1 Å². The topological polar surface area (TPSA) is 196 Å². The van der Waals surface area contributed by atoms with Gasteiger partial charge in [-0.3, -0.25) is 14.2 Å². The van der Waals surface area contributed by atoms with Crippen molar-refractivity contribution in [3.8, 4) is 40.6 Å². The monoisotopic (exact) mass is 721 g/mol. The third-order valence-corrected chi connectivity index (χ3v) is 8.49. The van der Waals surface area contributed by atoms with E-state index >= 15 is 0 Å². The van der Waals surface area contributed by atoms with E-state index in [1.165, 1.54) is 49.9 Å². The van der Waals surface area contributed by atoms with Crippen molar-refractivity contribution >= 4 is 50.2 Å². The van der Waals surface area contributed by atoms with Gasteiger partial charge in [-0.15, -0.1) is 0 Å². The van der Waals surface area contributed by atoms with Crippen molar-refractivity contribution in [2.24, 2.45) is 0 Å². The van der Waals surface area contributed by atoms with Crippen molar-refractivity contribution in [3.05, 3.63) is 65.8 Å². The number of carbonyl (C=O) groups is 1. The molecule has 1 unspecified atom stereocenters. The highest BCUT2D eigenvalue weighted by molar-refractivity contribution is 7.92. The largest absolute Gasteiger partial charge is 0.497 e. The average molecular weight is 722 g/mol. The van der Waals surface area contributed by atoms with E-state index in [1.807, 2.05) is 0 Å². The van der Waals surface area contributed by atoms with E-state index in [9.17, 15) is 17.4 Å². The Morgan fingerprint density at radius 2 is 1.85 bits per heavy atom. The smallest absolute Gasteiger partial charge is 0.412 e. The predicted molar refractivity (Wildman–Crippen MR) is 173 cm³/mol. The third-order valence-electron chi connectivity index (χ3n) is 6.10. The molecule has 0 aliphatic carbocycles. The number of aromatic nitrogens is 3. The predicted octanol–water partition coefficient (Wildman–Crippen LogP) is 4.24. The van der Waals surface area contributed by atoms with Crippen LogP contribution in [0.3, 0.4) is 0 Å². The molecular weight excluding hydrogens is 694 g/mol. The first-order chi connectivity index (χ1) is 23.1. The summed E-state index contributed by atoms with van der Waals surface area (Å²) in [5.41, 5.74) is 0. The molecule has 0 bridgehead atoms. The van der Waals surface area contributed by atoms with Crippen LogP contribution in [0, 0.1) is 0 Å². The lowest BCUT2D eigenvalue weighted by Gasteiger charge is -2.18. The summed E-state index contributed by atoms with van der Waals surface area (Å²) < 4.78 is 79.8. The van der Waals surface area contributed by atoms with E-state index in [0.717, 1.165) is 0 Å². The van der Waals surface area contributed by atoms with Crippen molar-refractivity contribution in [1.29, 1.82) is 0 Å². The molecular formula is C29H28ClN5O11S2. The second kappa shape index (κ2) is 15.7. The summed E-state index contributed by atoms with van der Waals surface area (Å²) in [6, 6.07) is 13.2. The maximum Gasteiger partial charge on any atom is 0.412 e. The van der Waals surface area contributed by atoms with Crippen LogP contribution >= 0.6 is 11.6 Å². The zero-order valence-corrected chi connectivity index (χ0v) is 27.7. The SMILES string of the molecule is COc1ccc(Cl)c(Oc2c(NS(=O)(=O)c3ccc4c(c3)OCO4)nc(OCCS(C)=O)nc2OCCOC(=O)Nc2ccccn2)c1. The minimum absolute atomic E-state index is 0.0361. The molecule has 0 spiro atoms. The van der Waals surface area contributed by atoms with E-state index in [2.05, 4.69) is 25.0 Å². The van der Waals surface area contributed by atoms with Crippen LogP contribution in [-0.4, -0.2) is 79.4 Å². The molecule has 48 heavy (non-hydrogen) atoms. The van der Waals surface area contributed by atoms with Crippen molar-refractivity contribution in [1.82, 2.24) is 15.0 Å². The van der Waals surface area contributed by atoms with Crippen LogP contribution < -0.4 is 38.5 Å². The number of fused-ring (bicyclic) bond motifs is 1. The molecule has 4 aromatic rings. The number of benzene rings is 2. The van der Waals surface area contributed by atoms with Crippen LogP contribution in [0.2, 0.25) is 5.02 Å². The van der Waals surface area contributed by atoms with E-state index < -0.39 is 32.7 Å². The van der Waals surface area contributed by atoms with Crippen LogP contribution in [0.1, 0.15) is 0 Å². The molecule has 2 aromatic heterocycles. The molecule has 0 saturated heterocycles. The highest BCUT2D eigenvalue weighted by atomic mass is 35.5. The third kappa shape index (κ3) is 9.05. The lowest BCUT2D eigenvalue weighted by molar-refractivity contribution is 0.134. The van der Waals surface area contributed by atoms with Gasteiger partial charge in [-0.05, 0) is 36.4 Å². The molecule has 0 fully saturated rings. The summed E-state index contributed by atoms with van der Waals surface area (Å²) in [7, 11) is -4.13. The minimum Gasteiger partial charge on any atom is -0.497 e. The standard InChI is InChI=1S/C29H28ClN5O11S2/c1-40-18-6-8-20(30)22(15-18)46-25-26(35-48(38,39)19-7-9-21-23(16-19)45-17-44-21)33-28(42-13-14-47(2)37)34-27(25)41-11-12-43-29(36)32-24-5-3-4-10-31-24/h3-10,15-16H,11-14,17H2,1-2H3,(H,31,32,36)(H,33,34,35). The first-order valence-electron chi connectivity index (χ1n) is 13.9. The number of hydrogen-bond acceptors (Lipinski definition) is 14. The number of sulfonamides is 1. The number of amides is 1. The molecule has 1 amide bonds. The molecule has 0 saturated carbocycles. The molecule has 1 atom stereocenters. The van der Waals surface area contributed by atoms with Crippen LogP contribution in [0.25, 0.3) is 0 Å². The second-order valence-electron chi connectivity index (χ2n) is 9.46. The number of pyridine rings is 1. The van der Waals surface area contributed by atoms with Crippen LogP contribution in [0.15, 0.2) is 65.7 Å². The highest BCUT2D eigenvalue weighted by Gasteiger charge is 2.27. The Morgan fingerprint density at radius 1 is 1.02 bits per heavy atom. The van der Waals surface area contributed by atoms with Gasteiger partial charge in [0.25, 0.3) is 15.9 Å². The average Bonchev–Trinajstić information content (AvgIpc) is 3.54. The van der Waals surface area contributed by atoms with Gasteiger partial charge in [0.05, 0.1) is 22.8 Å². The fourth-order valence-electron chi connectivity index (χ4n) is 3.86. The maximum atomic E-state index is 13.6. The molecule has 2 N–H and O–H groups in total. The Hall–Kier alpha value is -5.07. The summed E-state index contributed by atoms with van der Waals surface area (Å²) >= 11 is 6.40. The summed E-state index contributed by atoms with van der Waals surface area (Å²) in [5, 5.41) is 2.60. The van der Waals surface area contributed by atoms with Crippen LogP contribution in [0.5, 0.6) is 40.6 Å². The highest BCUT2D eigenvalue weighted by Crippen LogP contribution is 2.42. The lowest BCUT2D eigenvalue weighted by Crippen LogP contribution is -2.19. The Bertz CT molecular complexity index is 1900. The molecule has 0 radical (unpaired) electrons. The number of anilines is 2. The Balaban J connectivity index is 1.47. The zero-order valence-electron chi connectivity index (χ0n) is 25.3. The van der Waals surface area contributed by atoms with Gasteiger partial charge >= 0.3 is 12.1 Å². The lowest BCUT2D eigenvalue weighted by atomic mass is 10.3. The summed E-state index contributed by atoms with van der Waals surface area (Å²) in [4.78, 5) is 24.5. The number of hydrogen-bond donors (Lipinski definition) is 2. The molecule has 1 aliphatic rings. The number of nitrogens with zero attached hydrogens (tertiary/aromatic N) is 3. The zero-order chi connectivity index (χ0) is 34.1. The number of halogens is 1. The van der Waals surface area contributed by atoms with Gasteiger partial charge < -0.3 is 33.2 Å². The Labute approximate surface area is 282 Å². The summed E-state index contributed by atoms with van der Waals surface area (Å²) in [6.07, 6.45) is 2.19. The molecule has 254 valence electrons. The fourth-order valence-corrected chi connectivity index (χ4v) is 5.36. The Morgan fingerprint density at radius 3 is 2.62 bits per heavy atom. The number of rotatable bonds is 15. The van der Waals surface area contributed by atoms with Crippen molar-refractivity contribution in [2.45, 2.75) is 4.90 Å². The molecule has 1 aliphatic heterocycles. The first kappa shape index (κ1) is 34.3. The van der Waals surface area contributed by atoms with Crippen LogP contribution in [0.4, 0.5) is 16.4 Å². The Kier molecular flexibility index (Phi) is 11.2. The van der Waals surface area contributed by atoms with Gasteiger partial charge in [-0.1, -0.05) is 17.7 Å². The van der Waals surface area contributed by atoms with Gasteiger partial charge in [0, 0.05) is 35.4 Å². The maximum absolute atomic E-state index is 13.6. The quantitative estimate of drug-likeness (QED) is 0.165. The van der Waals surface area contributed by atoms with E-state index in [4.69, 9.17) is 44.8 Å². The number of nitrogens with one attached hydrogen (secondary N) is 2. The molecule has 19 heteroatoms. The van der Waals surface area contributed by atoms with E-state index in [1.54, 1.807) is 24.3 Å². The second-order valence-corrected chi connectivity index (χ2v) is 13.1. The van der Waals surface area contributed by atoms with Crippen molar-refractivity contribution in [2.75, 3.05) is 55.8 Å². The summed E-state index contributed by atoms with van der Waals surface area (Å²) in [6.45, 7) is -0.682. The van der Waals surface area contributed by atoms with Crippen LogP contribution in [-0.2, 0) is 25.6 Å². The number of carbonyl (C=O) groups excluding carboxylic acids is 1. The molecule has 5 rings (SSSR count).